The molecule has 2 rings (SSSR count). The van der Waals surface area contributed by atoms with Gasteiger partial charge in [0.05, 0.1) is 5.69 Å². The number of anilines is 1. The average Bonchev–Trinajstić information content (AvgIpc) is 2.48. The summed E-state index contributed by atoms with van der Waals surface area (Å²) in [6.45, 7) is 0.311. The minimum absolute atomic E-state index is 0. The van der Waals surface area contributed by atoms with Gasteiger partial charge in [0.2, 0.25) is 0 Å². The van der Waals surface area contributed by atoms with Gasteiger partial charge in [-0.1, -0.05) is 0 Å². The van der Waals surface area contributed by atoms with Gasteiger partial charge in [-0.05, 0) is 17.0 Å². The first-order valence-corrected chi connectivity index (χ1v) is 5.72. The zero-order valence-electron chi connectivity index (χ0n) is 8.26. The van der Waals surface area contributed by atoms with Crippen molar-refractivity contribution in [1.29, 1.82) is 0 Å². The monoisotopic (exact) mass is 262 g/mol. The van der Waals surface area contributed by atoms with Gasteiger partial charge >= 0.3 is 59.1 Å². The van der Waals surface area contributed by atoms with E-state index in [2.05, 4.69) is 31.8 Å². The number of hydrogen-bond donors (Lipinski definition) is 1. The van der Waals surface area contributed by atoms with E-state index >= 15 is 0 Å². The summed E-state index contributed by atoms with van der Waals surface area (Å²) in [6.07, 6.45) is 1.13. The van der Waals surface area contributed by atoms with Crippen LogP contribution in [0, 0.1) is 0 Å². The molecule has 0 fully saturated rings. The second-order valence-corrected chi connectivity index (χ2v) is 4.94. The first-order valence-electron chi connectivity index (χ1n) is 3.31. The van der Waals surface area contributed by atoms with Crippen molar-refractivity contribution < 1.29 is 67.9 Å². The summed E-state index contributed by atoms with van der Waals surface area (Å²) >= 11 is 4.29. The molecule has 0 saturated carbocycles. The molecule has 6 nitrogen and oxygen atoms in total. The molecule has 0 bridgehead atoms. The van der Waals surface area contributed by atoms with Crippen LogP contribution in [0.2, 0.25) is 0 Å². The minimum Gasteiger partial charge on any atom is -0.765 e. The van der Waals surface area contributed by atoms with Crippen molar-refractivity contribution in [2.45, 2.75) is 5.03 Å². The van der Waals surface area contributed by atoms with Crippen LogP contribution in [-0.2, 0) is 20.0 Å². The van der Waals surface area contributed by atoms with Gasteiger partial charge < -0.3 is 20.2 Å². The fourth-order valence-corrected chi connectivity index (χ4v) is 1.99. The Kier molecular flexibility index (Phi) is 6.49. The molecule has 0 aromatic carbocycles. The van der Waals surface area contributed by atoms with E-state index in [0.29, 0.717) is 18.2 Å². The first-order chi connectivity index (χ1) is 6.09. The molecule has 70 valence electrons. The van der Waals surface area contributed by atoms with Crippen LogP contribution in [-0.4, -0.2) is 25.4 Å². The van der Waals surface area contributed by atoms with Gasteiger partial charge in [0.15, 0.2) is 0 Å². The van der Waals surface area contributed by atoms with Crippen molar-refractivity contribution in [3.63, 3.8) is 0 Å². The average molecular weight is 262 g/mol. The summed E-state index contributed by atoms with van der Waals surface area (Å²) in [4.78, 5) is 7.38. The Bertz CT molecular complexity index is 452. The second kappa shape index (κ2) is 6.08. The summed E-state index contributed by atoms with van der Waals surface area (Å²) in [6, 6.07) is 0. The molecule has 0 radical (unpaired) electrons. The second-order valence-electron chi connectivity index (χ2n) is 2.32. The van der Waals surface area contributed by atoms with Crippen molar-refractivity contribution in [3.05, 3.63) is 11.6 Å². The topological polar surface area (TPSA) is 92.0 Å². The summed E-state index contributed by atoms with van der Waals surface area (Å²) in [5.41, 5.74) is 0.303. The van der Waals surface area contributed by atoms with E-state index in [1.165, 1.54) is 0 Å². The maximum atomic E-state index is 11.0. The molecule has 10 heteroatoms. The number of aromatic nitrogens is 2. The van der Waals surface area contributed by atoms with E-state index < -0.39 is 8.77 Å². The van der Waals surface area contributed by atoms with Gasteiger partial charge in [0, 0.05) is 21.8 Å². The third kappa shape index (κ3) is 3.48. The van der Waals surface area contributed by atoms with Gasteiger partial charge in [0.25, 0.3) is 0 Å². The largest absolute Gasteiger partial charge is 1.00 e. The molecule has 1 aromatic heterocycles. The van der Waals surface area contributed by atoms with Crippen molar-refractivity contribution in [2.24, 2.45) is 0 Å². The van der Waals surface area contributed by atoms with Crippen LogP contribution in [0.15, 0.2) is 11.4 Å². The smallest absolute Gasteiger partial charge is 0.765 e. The van der Waals surface area contributed by atoms with E-state index in [4.69, 9.17) is 0 Å². The van der Waals surface area contributed by atoms with Gasteiger partial charge in [-0.3, -0.25) is 9.19 Å². The van der Waals surface area contributed by atoms with Gasteiger partial charge in [-0.2, -0.15) is 0 Å². The quantitative estimate of drug-likeness (QED) is 0.400. The van der Waals surface area contributed by atoms with Crippen molar-refractivity contribution in [3.8, 4) is 0 Å². The molecule has 0 saturated heterocycles. The van der Waals surface area contributed by atoms with Crippen LogP contribution in [0.3, 0.4) is 0 Å². The minimum atomic E-state index is -3.72. The molecule has 1 aromatic rings. The number of rotatable bonds is 1. The van der Waals surface area contributed by atoms with Crippen LogP contribution in [0.1, 0.15) is 0 Å². The molecule has 0 amide bonds. The summed E-state index contributed by atoms with van der Waals surface area (Å²) in [5.74, 6) is 0.346. The Labute approximate surface area is 136 Å². The Morgan fingerprint density at radius 3 is 2.80 bits per heavy atom. The maximum absolute atomic E-state index is 11.0. The molecular formula is C5H4N4Na2O2S2. The van der Waals surface area contributed by atoms with Crippen LogP contribution in [0.25, 0.3) is 5.32 Å². The van der Waals surface area contributed by atoms with Crippen LogP contribution in [0.4, 0.5) is 11.5 Å². The predicted octanol–water partition coefficient (Wildman–Crippen LogP) is -5.89. The molecule has 0 spiro atoms. The van der Waals surface area contributed by atoms with Gasteiger partial charge in [-0.25, -0.2) is 0 Å². The zero-order chi connectivity index (χ0) is 9.47. The fraction of sp³-hybridized carbons (Fsp3) is 0.200. The Morgan fingerprint density at radius 2 is 2.20 bits per heavy atom. The molecule has 1 N–H and O–H groups in total. The van der Waals surface area contributed by atoms with Gasteiger partial charge in [-0.15, -0.1) is 0 Å². The Morgan fingerprint density at radius 1 is 1.53 bits per heavy atom. The summed E-state index contributed by atoms with van der Waals surface area (Å²) < 4.78 is 22.1. The molecule has 2 heterocycles. The van der Waals surface area contributed by atoms with Gasteiger partial charge in [0.1, 0.15) is 5.03 Å². The fourth-order valence-electron chi connectivity index (χ4n) is 1.02. The Balaban J connectivity index is 0.000000980. The van der Waals surface area contributed by atoms with E-state index in [1.54, 1.807) is 0 Å². The van der Waals surface area contributed by atoms with E-state index in [9.17, 15) is 8.76 Å². The van der Waals surface area contributed by atoms with Crippen molar-refractivity contribution in [1.82, 2.24) is 9.97 Å². The van der Waals surface area contributed by atoms with Crippen molar-refractivity contribution in [2.75, 3.05) is 12.0 Å². The summed E-state index contributed by atoms with van der Waals surface area (Å²) in [7, 11) is -3.72. The zero-order valence-corrected chi connectivity index (χ0v) is 13.9. The molecule has 1 atom stereocenters. The SMILES string of the molecule is O=S([O-])(=S)c1ncnc2c1NC[N-]2.[Na+].[Na+]. The molecule has 1 aliphatic rings. The van der Waals surface area contributed by atoms with Crippen LogP contribution < -0.4 is 64.4 Å². The normalized spacial score (nSPS) is 15.8. The molecule has 15 heavy (non-hydrogen) atoms. The third-order valence-electron chi connectivity index (χ3n) is 1.51. The number of nitrogens with one attached hydrogen (secondary N) is 1. The molecule has 1 aliphatic heterocycles. The number of fused-ring (bicyclic) bond motifs is 1. The van der Waals surface area contributed by atoms with E-state index in [0.717, 1.165) is 6.33 Å². The van der Waals surface area contributed by atoms with Crippen molar-refractivity contribution >= 4 is 31.5 Å². The molecule has 1 unspecified atom stereocenters. The Hall–Kier alpha value is 1.01. The maximum Gasteiger partial charge on any atom is 1.00 e. The van der Waals surface area contributed by atoms with Crippen LogP contribution >= 0.6 is 0 Å². The number of hydrogen-bond acceptors (Lipinski definition) is 6. The van der Waals surface area contributed by atoms with Crippen LogP contribution in [0.5, 0.6) is 0 Å². The van der Waals surface area contributed by atoms with E-state index in [-0.39, 0.29) is 64.1 Å². The first kappa shape index (κ1) is 16.0. The molecule has 0 aliphatic carbocycles. The standard InChI is InChI=1S/C5H5N4O2S2.2Na/c10-13(11,12)5-3-4(7-1-6-3)8-2-9-5;;/h2,6H,1H2,(H-,7,8,9,10,11,12);;/q-1;2*+1/p-1. The van der Waals surface area contributed by atoms with E-state index in [1.807, 2.05) is 0 Å². The number of nitrogens with zero attached hydrogens (tertiary/aromatic N) is 3. The predicted molar refractivity (Wildman–Crippen MR) is 48.1 cm³/mol. The third-order valence-corrected chi connectivity index (χ3v) is 2.77. The molecular weight excluding hydrogens is 258 g/mol. The summed E-state index contributed by atoms with van der Waals surface area (Å²) in [5, 5.41) is 6.47.